The SMILES string of the molecule is CCCCCCCCCCCCCC1=C(c2cccc(CCCCCC)c2)[N+](=[N-])C(c2cccc(CCCCCC)c2)=C1.CCCCCCCCCCCCCCC[CH2][Ni][CH2]CCCCCCCCCCCCCCC. The molecule has 1 aliphatic heterocycles. The summed E-state index contributed by atoms with van der Waals surface area (Å²) in [5.41, 5.74) is 19.9. The van der Waals surface area contributed by atoms with E-state index in [2.05, 4.69) is 89.2 Å². The molecule has 1 aliphatic rings. The molecule has 3 heteroatoms. The smallest absolute Gasteiger partial charge is 0.0654 e. The van der Waals surface area contributed by atoms with Gasteiger partial charge in [-0.05, 0) is 73.9 Å². The third-order valence-corrected chi connectivity index (χ3v) is 17.7. The zero-order valence-electron chi connectivity index (χ0n) is 51.7. The first-order chi connectivity index (χ1) is 37.6. The summed E-state index contributed by atoms with van der Waals surface area (Å²) in [6.45, 7) is 11.4. The van der Waals surface area contributed by atoms with Crippen LogP contribution < -0.4 is 0 Å². The summed E-state index contributed by atoms with van der Waals surface area (Å²) in [4.78, 5) is 0. The van der Waals surface area contributed by atoms with Crippen LogP contribution in [-0.4, -0.2) is 4.70 Å². The van der Waals surface area contributed by atoms with Crippen LogP contribution in [0.5, 0.6) is 0 Å². The van der Waals surface area contributed by atoms with Crippen LogP contribution in [0.15, 0.2) is 60.2 Å². The van der Waals surface area contributed by atoms with Crippen molar-refractivity contribution in [1.82, 2.24) is 0 Å². The second-order valence-electron chi connectivity index (χ2n) is 23.7. The van der Waals surface area contributed by atoms with Crippen LogP contribution in [0.2, 0.25) is 10.8 Å². The second-order valence-corrected chi connectivity index (χ2v) is 25.2. The third-order valence-electron chi connectivity index (χ3n) is 16.3. The van der Waals surface area contributed by atoms with Gasteiger partial charge in [0.1, 0.15) is 0 Å². The molecule has 0 bridgehead atoms. The summed E-state index contributed by atoms with van der Waals surface area (Å²) in [5, 5.41) is 2.87. The summed E-state index contributed by atoms with van der Waals surface area (Å²) >= 11 is 2.04. The van der Waals surface area contributed by atoms with Crippen LogP contribution in [0.1, 0.15) is 365 Å². The molecule has 76 heavy (non-hydrogen) atoms. The minimum Gasteiger partial charge on any atom is -0.0654 e. The summed E-state index contributed by atoms with van der Waals surface area (Å²) in [7, 11) is 0. The fourth-order valence-electron chi connectivity index (χ4n) is 11.3. The van der Waals surface area contributed by atoms with Gasteiger partial charge < -0.3 is 5.53 Å². The Labute approximate surface area is 482 Å². The molecule has 0 fully saturated rings. The Hall–Kier alpha value is -1.99. The number of hydrogen-bond acceptors (Lipinski definition) is 0. The topological polar surface area (TPSA) is 25.3 Å². The van der Waals surface area contributed by atoms with Gasteiger partial charge in [-0.1, -0.05) is 200 Å². The molecule has 0 saturated carbocycles. The van der Waals surface area contributed by atoms with Crippen molar-refractivity contribution in [3.63, 3.8) is 0 Å². The molecule has 2 aromatic rings. The maximum absolute atomic E-state index is 11.7. The number of benzene rings is 2. The molecule has 0 amide bonds. The van der Waals surface area contributed by atoms with Gasteiger partial charge in [0, 0.05) is 22.8 Å². The summed E-state index contributed by atoms with van der Waals surface area (Å²) in [6, 6.07) is 17.8. The number of allylic oxidation sites excluding steroid dienone is 2. The van der Waals surface area contributed by atoms with Crippen molar-refractivity contribution in [2.45, 2.75) is 366 Å². The van der Waals surface area contributed by atoms with Gasteiger partial charge in [0.2, 0.25) is 11.4 Å². The Morgan fingerprint density at radius 1 is 0.316 bits per heavy atom. The second kappa shape index (κ2) is 53.6. The molecule has 0 spiro atoms. The van der Waals surface area contributed by atoms with E-state index >= 15 is 0 Å². The normalized spacial score (nSPS) is 12.5. The average Bonchev–Trinajstić information content (AvgIpc) is 3.79. The Morgan fingerprint density at radius 2 is 0.592 bits per heavy atom. The molecule has 0 unspecified atom stereocenters. The van der Waals surface area contributed by atoms with E-state index in [1.807, 2.05) is 14.4 Å². The van der Waals surface area contributed by atoms with Gasteiger partial charge in [0.05, 0.1) is 0 Å². The van der Waals surface area contributed by atoms with E-state index < -0.39 is 0 Å². The predicted octanol–water partition coefficient (Wildman–Crippen LogP) is 26.3. The molecular weight excluding hydrogens is 964 g/mol. The van der Waals surface area contributed by atoms with E-state index in [9.17, 15) is 5.53 Å². The first-order valence-corrected chi connectivity index (χ1v) is 35.6. The quantitative estimate of drug-likeness (QED) is 0.0358. The Kier molecular flexibility index (Phi) is 49.5. The summed E-state index contributed by atoms with van der Waals surface area (Å²) < 4.78 is 1.50. The number of hydrogen-bond donors (Lipinski definition) is 0. The summed E-state index contributed by atoms with van der Waals surface area (Å²) in [6.07, 6.45) is 71.8. The van der Waals surface area contributed by atoms with E-state index in [1.54, 1.807) is 0 Å². The van der Waals surface area contributed by atoms with Gasteiger partial charge in [-0.15, -0.1) is 0 Å². The maximum atomic E-state index is 11.7. The molecule has 0 radical (unpaired) electrons. The Bertz CT molecular complexity index is 1620. The van der Waals surface area contributed by atoms with Crippen LogP contribution in [0.25, 0.3) is 16.9 Å². The van der Waals surface area contributed by atoms with Crippen LogP contribution in [-0.2, 0) is 27.3 Å². The molecular formula is C73H128N2Ni. The van der Waals surface area contributed by atoms with Gasteiger partial charge >= 0.3 is 166 Å². The van der Waals surface area contributed by atoms with E-state index in [4.69, 9.17) is 0 Å². The third kappa shape index (κ3) is 38.6. The van der Waals surface area contributed by atoms with Crippen molar-refractivity contribution in [3.8, 4) is 0 Å². The molecule has 0 saturated heterocycles. The predicted molar refractivity (Wildman–Crippen MR) is 338 cm³/mol. The first kappa shape index (κ1) is 70.1. The molecule has 2 aromatic carbocycles. The molecule has 3 rings (SSSR count). The van der Waals surface area contributed by atoms with Crippen molar-refractivity contribution >= 4 is 11.4 Å². The van der Waals surface area contributed by atoms with E-state index in [0.717, 1.165) is 41.8 Å². The van der Waals surface area contributed by atoms with E-state index in [-0.39, 0.29) is 0 Å². The van der Waals surface area contributed by atoms with E-state index in [1.165, 1.54) is 334 Å². The minimum atomic E-state index is 0.928. The Balaban J connectivity index is 0.000000541. The standard InChI is InChI=1S/C41H62N2.2C16H33.Ni/c1-4-7-10-13-14-15-16-17-18-19-22-29-39-34-40(37-30-23-27-35(32-37)25-20-11-8-5-2)43(42)41(39)38-31-24-28-36(33-38)26-21-12-9-6-3;2*1-3-5-7-9-11-13-15-16-14-12-10-8-6-4-2;/h23-24,27-28,30-34H,4-22,25-26,29H2,1-3H3;2*1,3-16H2,2H3;. The van der Waals surface area contributed by atoms with Gasteiger partial charge in [-0.25, -0.2) is 4.70 Å². The first-order valence-electron chi connectivity index (χ1n) is 34.2. The van der Waals surface area contributed by atoms with Gasteiger partial charge in [0.25, 0.3) is 0 Å². The minimum absolute atomic E-state index is 0.928. The Morgan fingerprint density at radius 3 is 0.947 bits per heavy atom. The average molecular weight is 1090 g/mol. The zero-order chi connectivity index (χ0) is 54.5. The fourth-order valence-corrected chi connectivity index (χ4v) is 12.5. The van der Waals surface area contributed by atoms with Crippen molar-refractivity contribution in [2.24, 2.45) is 0 Å². The number of nitrogens with zero attached hydrogens (tertiary/aromatic N) is 2. The van der Waals surface area contributed by atoms with Crippen molar-refractivity contribution in [2.75, 3.05) is 0 Å². The number of unbranched alkanes of at least 4 members (excludes halogenated alkanes) is 42. The zero-order valence-corrected chi connectivity index (χ0v) is 52.7. The van der Waals surface area contributed by atoms with Crippen molar-refractivity contribution in [3.05, 3.63) is 88.0 Å². The van der Waals surface area contributed by atoms with Crippen molar-refractivity contribution in [1.29, 1.82) is 0 Å². The summed E-state index contributed by atoms with van der Waals surface area (Å²) in [5.74, 6) is 0. The van der Waals surface area contributed by atoms with Crippen LogP contribution >= 0.6 is 0 Å². The van der Waals surface area contributed by atoms with Crippen LogP contribution in [0.4, 0.5) is 0 Å². The number of rotatable bonds is 54. The van der Waals surface area contributed by atoms with Crippen LogP contribution in [0.3, 0.4) is 0 Å². The monoisotopic (exact) mass is 1090 g/mol. The number of aryl methyl sites for hydroxylation is 2. The molecule has 2 nitrogen and oxygen atoms in total. The molecule has 440 valence electrons. The molecule has 0 N–H and O–H groups in total. The molecule has 0 atom stereocenters. The van der Waals surface area contributed by atoms with Crippen LogP contribution in [0, 0.1) is 0 Å². The van der Waals surface area contributed by atoms with Gasteiger partial charge in [-0.2, -0.15) is 0 Å². The fraction of sp³-hybridized carbons (Fsp3) is 0.781. The molecule has 0 aliphatic carbocycles. The van der Waals surface area contributed by atoms with Crippen molar-refractivity contribution < 1.29 is 19.1 Å². The van der Waals surface area contributed by atoms with E-state index in [0.29, 0.717) is 0 Å². The molecule has 1 heterocycles. The van der Waals surface area contributed by atoms with Gasteiger partial charge in [-0.3, -0.25) is 0 Å². The molecule has 0 aromatic heterocycles. The van der Waals surface area contributed by atoms with Gasteiger partial charge in [0.15, 0.2) is 0 Å².